The first-order valence-corrected chi connectivity index (χ1v) is 13.9. The van der Waals surface area contributed by atoms with Gasteiger partial charge < -0.3 is 33.9 Å². The summed E-state index contributed by atoms with van der Waals surface area (Å²) in [5.74, 6) is 2.58. The van der Waals surface area contributed by atoms with Gasteiger partial charge in [-0.25, -0.2) is 4.79 Å². The van der Waals surface area contributed by atoms with E-state index in [0.717, 1.165) is 49.9 Å². The van der Waals surface area contributed by atoms with Crippen LogP contribution >= 0.6 is 0 Å². The fraction of sp³-hybridized carbons (Fsp3) is 0.467. The molecule has 2 fully saturated rings. The number of benzene rings is 2. The van der Waals surface area contributed by atoms with Crippen molar-refractivity contribution in [2.24, 2.45) is 0 Å². The Labute approximate surface area is 241 Å². The van der Waals surface area contributed by atoms with Crippen LogP contribution in [-0.2, 0) is 4.79 Å². The van der Waals surface area contributed by atoms with Gasteiger partial charge in [-0.1, -0.05) is 6.07 Å². The maximum absolute atomic E-state index is 13.0. The van der Waals surface area contributed by atoms with Crippen LogP contribution in [0.1, 0.15) is 25.8 Å². The molecule has 0 bridgehead atoms. The van der Waals surface area contributed by atoms with Gasteiger partial charge in [-0.05, 0) is 62.7 Å². The van der Waals surface area contributed by atoms with Crippen LogP contribution in [0.5, 0.6) is 28.7 Å². The molecule has 0 unspecified atom stereocenters. The smallest absolute Gasteiger partial charge is 0.329 e. The molecule has 1 N–H and O–H groups in total. The Bertz CT molecular complexity index is 1230. The molecule has 0 spiro atoms. The number of methoxy groups -OCH3 is 3. The zero-order chi connectivity index (χ0) is 29.4. The van der Waals surface area contributed by atoms with Crippen molar-refractivity contribution in [1.82, 2.24) is 15.1 Å². The molecule has 11 heteroatoms. The summed E-state index contributed by atoms with van der Waals surface area (Å²) in [4.78, 5) is 31.6. The summed E-state index contributed by atoms with van der Waals surface area (Å²) in [7, 11) is 4.57. The molecule has 2 aliphatic heterocycles. The molecular weight excluding hydrogens is 528 g/mol. The van der Waals surface area contributed by atoms with Crippen LogP contribution in [0, 0.1) is 0 Å². The molecule has 2 heterocycles. The minimum Gasteiger partial charge on any atom is -0.493 e. The molecule has 3 amide bonds. The number of hydrogen-bond acceptors (Lipinski definition) is 9. The minimum atomic E-state index is -0.420. The Balaban J connectivity index is 1.32. The highest BCUT2D eigenvalue weighted by molar-refractivity contribution is 6.14. The van der Waals surface area contributed by atoms with Crippen molar-refractivity contribution in [3.8, 4) is 28.7 Å². The molecule has 11 nitrogen and oxygen atoms in total. The van der Waals surface area contributed by atoms with Gasteiger partial charge >= 0.3 is 6.03 Å². The van der Waals surface area contributed by atoms with E-state index in [9.17, 15) is 9.59 Å². The van der Waals surface area contributed by atoms with Gasteiger partial charge in [0.15, 0.2) is 23.0 Å². The Morgan fingerprint density at radius 3 is 2.12 bits per heavy atom. The topological polar surface area (TPSA) is 102 Å². The number of hydrogen-bond donors (Lipinski definition) is 1. The van der Waals surface area contributed by atoms with E-state index in [4.69, 9.17) is 23.7 Å². The number of imide groups is 1. The lowest BCUT2D eigenvalue weighted by Gasteiger charge is -2.37. The molecule has 2 aromatic rings. The quantitative estimate of drug-likeness (QED) is 0.287. The van der Waals surface area contributed by atoms with E-state index < -0.39 is 6.03 Å². The third kappa shape index (κ3) is 6.79. The number of anilines is 1. The van der Waals surface area contributed by atoms with Crippen LogP contribution in [0.15, 0.2) is 36.0 Å². The number of piperazine rings is 1. The third-order valence-electron chi connectivity index (χ3n) is 7.08. The predicted molar refractivity (Wildman–Crippen MR) is 156 cm³/mol. The van der Waals surface area contributed by atoms with E-state index in [0.29, 0.717) is 49.0 Å². The zero-order valence-corrected chi connectivity index (χ0v) is 24.5. The second-order valence-electron chi connectivity index (χ2n) is 9.56. The summed E-state index contributed by atoms with van der Waals surface area (Å²) in [6.07, 6.45) is 2.29. The SMILES string of the molecule is CCOc1cccc(N2CCN(CCCN3C(=O)NC(=Cc4cc(OC)c(OC)c(OC)c4)C3=O)CC2)c1OCC. The number of rotatable bonds is 13. The fourth-order valence-electron chi connectivity index (χ4n) is 5.10. The van der Waals surface area contributed by atoms with Crippen molar-refractivity contribution >= 4 is 23.7 Å². The molecule has 2 aromatic carbocycles. The Morgan fingerprint density at radius 2 is 1.51 bits per heavy atom. The predicted octanol–water partition coefficient (Wildman–Crippen LogP) is 3.61. The van der Waals surface area contributed by atoms with Crippen LogP contribution in [0.3, 0.4) is 0 Å². The van der Waals surface area contributed by atoms with E-state index in [1.165, 1.54) is 26.2 Å². The number of ether oxygens (including phenoxy) is 5. The maximum atomic E-state index is 13.0. The van der Waals surface area contributed by atoms with Crippen molar-refractivity contribution in [1.29, 1.82) is 0 Å². The monoisotopic (exact) mass is 568 g/mol. The van der Waals surface area contributed by atoms with E-state index in [-0.39, 0.29) is 11.6 Å². The van der Waals surface area contributed by atoms with Gasteiger partial charge in [0.25, 0.3) is 5.91 Å². The number of amides is 3. The van der Waals surface area contributed by atoms with Gasteiger partial charge in [0, 0.05) is 32.7 Å². The second-order valence-corrected chi connectivity index (χ2v) is 9.56. The van der Waals surface area contributed by atoms with E-state index >= 15 is 0 Å². The standard InChI is InChI=1S/C30H40N4O7/c1-6-40-24-11-8-10-23(27(24)41-7-2)33-16-14-32(15-17-33)12-9-13-34-29(35)22(31-30(34)36)18-21-19-25(37-3)28(39-5)26(20-21)38-4/h8,10-11,18-20H,6-7,9,12-17H2,1-5H3,(H,31,36). The zero-order valence-electron chi connectivity index (χ0n) is 24.5. The molecule has 4 rings (SSSR count). The highest BCUT2D eigenvalue weighted by Crippen LogP contribution is 2.39. The molecular formula is C30H40N4O7. The van der Waals surface area contributed by atoms with E-state index in [1.54, 1.807) is 18.2 Å². The Kier molecular flexibility index (Phi) is 10.2. The molecule has 0 aromatic heterocycles. The minimum absolute atomic E-state index is 0.206. The van der Waals surface area contributed by atoms with Gasteiger partial charge in [0.2, 0.25) is 5.75 Å². The van der Waals surface area contributed by atoms with Crippen molar-refractivity contribution in [3.05, 3.63) is 41.6 Å². The number of carbonyl (C=O) groups excluding carboxylic acids is 2. The van der Waals surface area contributed by atoms with Gasteiger partial charge in [0.1, 0.15) is 5.70 Å². The second kappa shape index (κ2) is 14.0. The summed E-state index contributed by atoms with van der Waals surface area (Å²) in [6.45, 7) is 9.65. The van der Waals surface area contributed by atoms with Crippen molar-refractivity contribution in [2.75, 3.05) is 78.7 Å². The van der Waals surface area contributed by atoms with E-state index in [1.807, 2.05) is 26.0 Å². The average Bonchev–Trinajstić information content (AvgIpc) is 3.25. The molecule has 2 saturated heterocycles. The first-order valence-electron chi connectivity index (χ1n) is 13.9. The molecule has 0 atom stereocenters. The molecule has 0 saturated carbocycles. The molecule has 41 heavy (non-hydrogen) atoms. The molecule has 222 valence electrons. The normalized spacial score (nSPS) is 16.7. The van der Waals surface area contributed by atoms with Crippen LogP contribution in [0.25, 0.3) is 6.08 Å². The highest BCUT2D eigenvalue weighted by Gasteiger charge is 2.33. The highest BCUT2D eigenvalue weighted by atomic mass is 16.5. The Hall–Kier alpha value is -4.12. The Morgan fingerprint density at radius 1 is 0.829 bits per heavy atom. The summed E-state index contributed by atoms with van der Waals surface area (Å²) >= 11 is 0. The lowest BCUT2D eigenvalue weighted by atomic mass is 10.1. The molecule has 0 aliphatic carbocycles. The van der Waals surface area contributed by atoms with Crippen molar-refractivity contribution in [2.45, 2.75) is 20.3 Å². The lowest BCUT2D eigenvalue weighted by Crippen LogP contribution is -2.47. The van der Waals surface area contributed by atoms with Gasteiger partial charge in [-0.15, -0.1) is 0 Å². The van der Waals surface area contributed by atoms with Gasteiger partial charge in [0.05, 0.1) is 40.2 Å². The lowest BCUT2D eigenvalue weighted by molar-refractivity contribution is -0.122. The summed E-state index contributed by atoms with van der Waals surface area (Å²) < 4.78 is 27.9. The van der Waals surface area contributed by atoms with Crippen LogP contribution in [-0.4, -0.2) is 95.5 Å². The molecule has 0 radical (unpaired) electrons. The largest absolute Gasteiger partial charge is 0.493 e. The maximum Gasteiger partial charge on any atom is 0.329 e. The van der Waals surface area contributed by atoms with Crippen molar-refractivity contribution < 1.29 is 33.3 Å². The first-order chi connectivity index (χ1) is 19.9. The summed E-state index contributed by atoms with van der Waals surface area (Å²) in [6, 6.07) is 9.04. The summed E-state index contributed by atoms with van der Waals surface area (Å²) in [5.41, 5.74) is 1.89. The summed E-state index contributed by atoms with van der Waals surface area (Å²) in [5, 5.41) is 2.69. The van der Waals surface area contributed by atoms with Gasteiger partial charge in [-0.2, -0.15) is 0 Å². The van der Waals surface area contributed by atoms with Gasteiger partial charge in [-0.3, -0.25) is 14.6 Å². The average molecular weight is 569 g/mol. The van der Waals surface area contributed by atoms with Crippen LogP contribution < -0.4 is 33.9 Å². The number of nitrogens with one attached hydrogen (secondary N) is 1. The van der Waals surface area contributed by atoms with Crippen LogP contribution in [0.4, 0.5) is 10.5 Å². The number of urea groups is 1. The molecule has 2 aliphatic rings. The van der Waals surface area contributed by atoms with Crippen molar-refractivity contribution in [3.63, 3.8) is 0 Å². The fourth-order valence-corrected chi connectivity index (χ4v) is 5.10. The van der Waals surface area contributed by atoms with Crippen LogP contribution in [0.2, 0.25) is 0 Å². The third-order valence-corrected chi connectivity index (χ3v) is 7.08. The first kappa shape index (κ1) is 29.9. The van der Waals surface area contributed by atoms with E-state index in [2.05, 4.69) is 21.2 Å². The number of para-hydroxylation sites is 1. The number of carbonyl (C=O) groups is 2. The number of nitrogens with zero attached hydrogens (tertiary/aromatic N) is 3.